The lowest BCUT2D eigenvalue weighted by molar-refractivity contribution is -0.133. The predicted molar refractivity (Wildman–Crippen MR) is 122 cm³/mol. The molecule has 170 valence electrons. The number of fused-ring (bicyclic) bond motifs is 1. The minimum Gasteiger partial charge on any atom is -0.496 e. The van der Waals surface area contributed by atoms with Crippen LogP contribution < -0.4 is 9.47 Å². The van der Waals surface area contributed by atoms with E-state index in [9.17, 15) is 9.90 Å². The Hall–Kier alpha value is -2.83. The molecule has 2 aromatic rings. The van der Waals surface area contributed by atoms with E-state index in [0.717, 1.165) is 12.1 Å². The average Bonchev–Trinajstić information content (AvgIpc) is 2.81. The molecule has 4 rings (SSSR count). The fourth-order valence-electron chi connectivity index (χ4n) is 4.89. The Morgan fingerprint density at radius 2 is 1.81 bits per heavy atom. The van der Waals surface area contributed by atoms with Crippen LogP contribution in [0.5, 0.6) is 11.5 Å². The van der Waals surface area contributed by atoms with Gasteiger partial charge in [0.1, 0.15) is 6.10 Å². The number of rotatable bonds is 7. The highest BCUT2D eigenvalue weighted by molar-refractivity contribution is 6.22. The highest BCUT2D eigenvalue weighted by Crippen LogP contribution is 2.41. The van der Waals surface area contributed by atoms with Crippen LogP contribution in [0.1, 0.15) is 24.0 Å². The standard InChI is InChI=1S/C26H31NO5/c1-27(14-17-7-5-4-6-8-17)15-20-22(28)11-10-19-25(29)21(16-32-26(19)20)18-9-12-23(30-2)24(13-18)31-3/h4-9,12-13,16,19-20,22,26,28H,10-11,14-15H2,1-3H3. The Kier molecular flexibility index (Phi) is 6.82. The molecule has 1 saturated carbocycles. The van der Waals surface area contributed by atoms with Gasteiger partial charge in [0.15, 0.2) is 17.3 Å². The molecule has 4 atom stereocenters. The van der Waals surface area contributed by atoms with E-state index in [1.54, 1.807) is 32.6 Å². The molecule has 0 aromatic heterocycles. The highest BCUT2D eigenvalue weighted by atomic mass is 16.5. The number of methoxy groups -OCH3 is 2. The second kappa shape index (κ2) is 9.76. The largest absolute Gasteiger partial charge is 0.496 e. The van der Waals surface area contributed by atoms with E-state index >= 15 is 0 Å². The molecule has 1 aliphatic carbocycles. The maximum atomic E-state index is 13.4. The number of nitrogens with zero attached hydrogens (tertiary/aromatic N) is 1. The Morgan fingerprint density at radius 1 is 1.06 bits per heavy atom. The van der Waals surface area contributed by atoms with Crippen LogP contribution in [0, 0.1) is 11.8 Å². The average molecular weight is 438 g/mol. The lowest BCUT2D eigenvalue weighted by Gasteiger charge is -2.43. The number of carbonyl (C=O) groups is 1. The number of aliphatic hydroxyl groups is 1. The number of ketones is 1. The molecule has 0 radical (unpaired) electrons. The molecule has 2 aliphatic rings. The fourth-order valence-corrected chi connectivity index (χ4v) is 4.89. The van der Waals surface area contributed by atoms with E-state index in [4.69, 9.17) is 14.2 Å². The van der Waals surface area contributed by atoms with Crippen molar-refractivity contribution in [1.82, 2.24) is 4.90 Å². The van der Waals surface area contributed by atoms with E-state index in [0.29, 0.717) is 36.5 Å². The van der Waals surface area contributed by atoms with Gasteiger partial charge in [0.05, 0.1) is 38.1 Å². The molecule has 32 heavy (non-hydrogen) atoms. The van der Waals surface area contributed by atoms with E-state index < -0.39 is 6.10 Å². The van der Waals surface area contributed by atoms with Crippen molar-refractivity contribution < 1.29 is 24.1 Å². The molecule has 1 fully saturated rings. The first kappa shape index (κ1) is 22.4. The van der Waals surface area contributed by atoms with Gasteiger partial charge in [0.2, 0.25) is 0 Å². The number of carbonyl (C=O) groups excluding carboxylic acids is 1. The summed E-state index contributed by atoms with van der Waals surface area (Å²) in [6, 6.07) is 15.7. The maximum Gasteiger partial charge on any atom is 0.173 e. The summed E-state index contributed by atoms with van der Waals surface area (Å²) in [5.74, 6) is 0.855. The van der Waals surface area contributed by atoms with Crippen molar-refractivity contribution in [3.05, 3.63) is 65.9 Å². The Bertz CT molecular complexity index is 973. The normalized spacial score (nSPS) is 25.0. The van der Waals surface area contributed by atoms with Crippen molar-refractivity contribution in [1.29, 1.82) is 0 Å². The predicted octanol–water partition coefficient (Wildman–Crippen LogP) is 3.53. The molecule has 0 amide bonds. The number of benzene rings is 2. The molecular formula is C26H31NO5. The lowest BCUT2D eigenvalue weighted by atomic mass is 9.72. The molecule has 0 saturated heterocycles. The summed E-state index contributed by atoms with van der Waals surface area (Å²) in [4.78, 5) is 15.6. The van der Waals surface area contributed by atoms with E-state index in [1.165, 1.54) is 5.56 Å². The van der Waals surface area contributed by atoms with Gasteiger partial charge in [-0.1, -0.05) is 36.4 Å². The van der Waals surface area contributed by atoms with Gasteiger partial charge in [0.25, 0.3) is 0 Å². The Morgan fingerprint density at radius 3 is 2.53 bits per heavy atom. The molecule has 4 unspecified atom stereocenters. The molecule has 1 N–H and O–H groups in total. The Balaban J connectivity index is 1.52. The second-order valence-corrected chi connectivity index (χ2v) is 8.66. The third-order valence-corrected chi connectivity index (χ3v) is 6.54. The monoisotopic (exact) mass is 437 g/mol. The zero-order valence-corrected chi connectivity index (χ0v) is 18.9. The van der Waals surface area contributed by atoms with Gasteiger partial charge < -0.3 is 24.2 Å². The molecule has 2 aromatic carbocycles. The Labute approximate surface area is 189 Å². The quantitative estimate of drug-likeness (QED) is 0.715. The third-order valence-electron chi connectivity index (χ3n) is 6.54. The summed E-state index contributed by atoms with van der Waals surface area (Å²) in [5, 5.41) is 10.7. The van der Waals surface area contributed by atoms with Crippen molar-refractivity contribution in [3.8, 4) is 11.5 Å². The third kappa shape index (κ3) is 4.52. The van der Waals surface area contributed by atoms with Gasteiger partial charge in [-0.3, -0.25) is 4.79 Å². The molecular weight excluding hydrogens is 406 g/mol. The topological polar surface area (TPSA) is 68.2 Å². The van der Waals surface area contributed by atoms with Crippen molar-refractivity contribution in [2.45, 2.75) is 31.6 Å². The van der Waals surface area contributed by atoms with Crippen LogP contribution in [-0.4, -0.2) is 55.8 Å². The van der Waals surface area contributed by atoms with Gasteiger partial charge in [-0.25, -0.2) is 0 Å². The summed E-state index contributed by atoms with van der Waals surface area (Å²) < 4.78 is 16.8. The van der Waals surface area contributed by atoms with Crippen molar-refractivity contribution in [2.75, 3.05) is 27.8 Å². The summed E-state index contributed by atoms with van der Waals surface area (Å²) >= 11 is 0. The molecule has 1 aliphatic heterocycles. The zero-order valence-electron chi connectivity index (χ0n) is 18.9. The number of hydrogen-bond donors (Lipinski definition) is 1. The van der Waals surface area contributed by atoms with E-state index in [-0.39, 0.29) is 23.7 Å². The van der Waals surface area contributed by atoms with Crippen LogP contribution in [0.25, 0.3) is 5.57 Å². The summed E-state index contributed by atoms with van der Waals surface area (Å²) in [7, 11) is 5.20. The first-order chi connectivity index (χ1) is 15.5. The first-order valence-corrected chi connectivity index (χ1v) is 11.0. The number of Topliss-reactive ketones (excluding diaryl/α,β-unsaturated/α-hetero) is 1. The van der Waals surface area contributed by atoms with E-state index in [1.807, 2.05) is 31.3 Å². The summed E-state index contributed by atoms with van der Waals surface area (Å²) in [5.41, 5.74) is 2.50. The summed E-state index contributed by atoms with van der Waals surface area (Å²) in [6.45, 7) is 1.44. The molecule has 0 spiro atoms. The number of allylic oxidation sites excluding steroid dienone is 1. The van der Waals surface area contributed by atoms with E-state index in [2.05, 4.69) is 17.0 Å². The van der Waals surface area contributed by atoms with Crippen LogP contribution in [-0.2, 0) is 16.1 Å². The van der Waals surface area contributed by atoms with Crippen LogP contribution in [0.2, 0.25) is 0 Å². The van der Waals surface area contributed by atoms with Gasteiger partial charge in [0, 0.05) is 19.0 Å². The molecule has 6 nitrogen and oxygen atoms in total. The SMILES string of the molecule is COc1ccc(C2=COC3C(CCC(O)C3CN(C)Cc3ccccc3)C2=O)cc1OC. The minimum atomic E-state index is -0.488. The molecule has 0 bridgehead atoms. The van der Waals surface area contributed by atoms with Crippen LogP contribution >= 0.6 is 0 Å². The number of aliphatic hydroxyl groups excluding tert-OH is 1. The molecule has 6 heteroatoms. The van der Waals surface area contributed by atoms with Gasteiger partial charge in [-0.15, -0.1) is 0 Å². The zero-order chi connectivity index (χ0) is 22.7. The van der Waals surface area contributed by atoms with Gasteiger partial charge in [-0.2, -0.15) is 0 Å². The fraction of sp³-hybridized carbons (Fsp3) is 0.423. The van der Waals surface area contributed by atoms with Crippen LogP contribution in [0.3, 0.4) is 0 Å². The first-order valence-electron chi connectivity index (χ1n) is 11.0. The van der Waals surface area contributed by atoms with Gasteiger partial charge >= 0.3 is 0 Å². The number of hydrogen-bond acceptors (Lipinski definition) is 6. The smallest absolute Gasteiger partial charge is 0.173 e. The maximum absolute atomic E-state index is 13.4. The van der Waals surface area contributed by atoms with Crippen molar-refractivity contribution in [2.24, 2.45) is 11.8 Å². The molecule has 1 heterocycles. The van der Waals surface area contributed by atoms with Crippen molar-refractivity contribution in [3.63, 3.8) is 0 Å². The van der Waals surface area contributed by atoms with Crippen LogP contribution in [0.4, 0.5) is 0 Å². The van der Waals surface area contributed by atoms with Crippen molar-refractivity contribution >= 4 is 11.4 Å². The highest BCUT2D eigenvalue weighted by Gasteiger charge is 2.46. The minimum absolute atomic E-state index is 0.0658. The summed E-state index contributed by atoms with van der Waals surface area (Å²) in [6.07, 6.45) is 1.97. The second-order valence-electron chi connectivity index (χ2n) is 8.66. The lowest BCUT2D eigenvalue weighted by Crippen LogP contribution is -2.51. The van der Waals surface area contributed by atoms with Gasteiger partial charge in [-0.05, 0) is 43.1 Å². The number of ether oxygens (including phenoxy) is 3. The van der Waals surface area contributed by atoms with Crippen LogP contribution in [0.15, 0.2) is 54.8 Å².